The standard InChI is InChI=1S/C22H29N3O3S2/c1-15-5-4-6-21(16(15)2)24-22(29)23-17-9-13-20(14-10-17)30(26,27)25-18-7-11-19(28-3)12-8-18/h7-16,21,25H,4-6H2,1-3H3,(H2,23,24,29). The monoisotopic (exact) mass is 447 g/mol. The van der Waals surface area contributed by atoms with Crippen LogP contribution in [-0.2, 0) is 10.0 Å². The molecule has 30 heavy (non-hydrogen) atoms. The lowest BCUT2D eigenvalue weighted by molar-refractivity contribution is 0.225. The van der Waals surface area contributed by atoms with Crippen molar-refractivity contribution in [2.45, 2.75) is 44.0 Å². The summed E-state index contributed by atoms with van der Waals surface area (Å²) in [6.45, 7) is 4.55. The molecule has 2 aromatic carbocycles. The molecule has 1 aliphatic rings. The quantitative estimate of drug-likeness (QED) is 0.562. The molecule has 0 aliphatic heterocycles. The molecular formula is C22H29N3O3S2. The number of anilines is 2. The molecule has 3 N–H and O–H groups in total. The molecule has 1 fully saturated rings. The van der Waals surface area contributed by atoms with E-state index in [1.807, 2.05) is 0 Å². The first-order chi connectivity index (χ1) is 14.3. The van der Waals surface area contributed by atoms with Gasteiger partial charge in [-0.25, -0.2) is 8.42 Å². The molecule has 0 saturated heterocycles. The summed E-state index contributed by atoms with van der Waals surface area (Å²) >= 11 is 5.46. The summed E-state index contributed by atoms with van der Waals surface area (Å²) in [6, 6.07) is 13.6. The van der Waals surface area contributed by atoms with Crippen molar-refractivity contribution >= 4 is 38.7 Å². The number of rotatable bonds is 6. The van der Waals surface area contributed by atoms with Gasteiger partial charge in [0.25, 0.3) is 10.0 Å². The lowest BCUT2D eigenvalue weighted by Crippen LogP contribution is -2.45. The SMILES string of the molecule is COc1ccc(NS(=O)(=O)c2ccc(NC(=S)NC3CCCC(C)C3C)cc2)cc1. The summed E-state index contributed by atoms with van der Waals surface area (Å²) in [5, 5.41) is 7.13. The molecule has 0 spiro atoms. The predicted octanol–water partition coefficient (Wildman–Crippen LogP) is 4.61. The van der Waals surface area contributed by atoms with E-state index in [2.05, 4.69) is 29.2 Å². The largest absolute Gasteiger partial charge is 0.497 e. The fraction of sp³-hybridized carbons (Fsp3) is 0.409. The van der Waals surface area contributed by atoms with E-state index in [0.717, 1.165) is 12.1 Å². The molecule has 3 rings (SSSR count). The highest BCUT2D eigenvalue weighted by atomic mass is 32.2. The number of hydrogen-bond acceptors (Lipinski definition) is 4. The Bertz CT molecular complexity index is 960. The van der Waals surface area contributed by atoms with Crippen LogP contribution in [0.25, 0.3) is 0 Å². The van der Waals surface area contributed by atoms with Gasteiger partial charge in [-0.15, -0.1) is 0 Å². The van der Waals surface area contributed by atoms with Crippen molar-refractivity contribution in [1.29, 1.82) is 0 Å². The number of thiocarbonyl (C=S) groups is 1. The van der Waals surface area contributed by atoms with Crippen molar-refractivity contribution in [3.8, 4) is 5.75 Å². The Hall–Kier alpha value is -2.32. The van der Waals surface area contributed by atoms with Crippen molar-refractivity contribution in [3.05, 3.63) is 48.5 Å². The smallest absolute Gasteiger partial charge is 0.261 e. The molecule has 1 aliphatic carbocycles. The van der Waals surface area contributed by atoms with Gasteiger partial charge >= 0.3 is 0 Å². The molecule has 8 heteroatoms. The van der Waals surface area contributed by atoms with E-state index in [1.165, 1.54) is 12.8 Å². The zero-order valence-electron chi connectivity index (χ0n) is 17.5. The van der Waals surface area contributed by atoms with Gasteiger partial charge < -0.3 is 15.4 Å². The molecular weight excluding hydrogens is 418 g/mol. The summed E-state index contributed by atoms with van der Waals surface area (Å²) in [5.74, 6) is 1.91. The van der Waals surface area contributed by atoms with Gasteiger partial charge in [0.2, 0.25) is 0 Å². The van der Waals surface area contributed by atoms with Crippen LogP contribution < -0.4 is 20.1 Å². The highest BCUT2D eigenvalue weighted by Gasteiger charge is 2.27. The van der Waals surface area contributed by atoms with E-state index < -0.39 is 10.0 Å². The van der Waals surface area contributed by atoms with Gasteiger partial charge in [0.1, 0.15) is 5.75 Å². The molecule has 0 bridgehead atoms. The minimum Gasteiger partial charge on any atom is -0.497 e. The first kappa shape index (κ1) is 22.4. The van der Waals surface area contributed by atoms with Gasteiger partial charge in [-0.1, -0.05) is 26.7 Å². The molecule has 3 atom stereocenters. The molecule has 162 valence electrons. The van der Waals surface area contributed by atoms with E-state index in [0.29, 0.717) is 34.4 Å². The maximum Gasteiger partial charge on any atom is 0.261 e. The van der Waals surface area contributed by atoms with Crippen LogP contribution in [0.3, 0.4) is 0 Å². The van der Waals surface area contributed by atoms with Gasteiger partial charge in [0, 0.05) is 17.4 Å². The van der Waals surface area contributed by atoms with Crippen molar-refractivity contribution in [2.75, 3.05) is 17.1 Å². The number of hydrogen-bond donors (Lipinski definition) is 3. The maximum atomic E-state index is 12.6. The Morgan fingerprint density at radius 1 is 1.00 bits per heavy atom. The van der Waals surface area contributed by atoms with Crippen LogP contribution >= 0.6 is 12.2 Å². The fourth-order valence-electron chi connectivity index (χ4n) is 3.71. The summed E-state index contributed by atoms with van der Waals surface area (Å²) in [5.41, 5.74) is 1.21. The van der Waals surface area contributed by atoms with Gasteiger partial charge in [-0.3, -0.25) is 4.72 Å². The van der Waals surface area contributed by atoms with Gasteiger partial charge in [-0.05, 0) is 79.0 Å². The highest BCUT2D eigenvalue weighted by Crippen LogP contribution is 2.29. The average Bonchev–Trinajstić information content (AvgIpc) is 2.72. The lowest BCUT2D eigenvalue weighted by Gasteiger charge is -2.35. The predicted molar refractivity (Wildman–Crippen MR) is 126 cm³/mol. The Labute approximate surface area is 184 Å². The van der Waals surface area contributed by atoms with Gasteiger partial charge in [0.05, 0.1) is 12.0 Å². The molecule has 0 amide bonds. The van der Waals surface area contributed by atoms with Crippen LogP contribution in [0.15, 0.2) is 53.4 Å². The van der Waals surface area contributed by atoms with E-state index in [4.69, 9.17) is 17.0 Å². The number of nitrogens with one attached hydrogen (secondary N) is 3. The second kappa shape index (κ2) is 9.66. The molecule has 0 aromatic heterocycles. The third-order valence-electron chi connectivity index (χ3n) is 5.79. The molecule has 1 saturated carbocycles. The van der Waals surface area contributed by atoms with Crippen LogP contribution in [0.5, 0.6) is 5.75 Å². The molecule has 0 heterocycles. The van der Waals surface area contributed by atoms with E-state index >= 15 is 0 Å². The number of sulfonamides is 1. The van der Waals surface area contributed by atoms with Crippen LogP contribution in [0.2, 0.25) is 0 Å². The fourth-order valence-corrected chi connectivity index (χ4v) is 5.04. The first-order valence-electron chi connectivity index (χ1n) is 10.1. The number of benzene rings is 2. The van der Waals surface area contributed by atoms with Crippen LogP contribution in [0, 0.1) is 11.8 Å². The third kappa shape index (κ3) is 5.64. The van der Waals surface area contributed by atoms with Gasteiger partial charge in [-0.2, -0.15) is 0 Å². The first-order valence-corrected chi connectivity index (χ1v) is 12.0. The lowest BCUT2D eigenvalue weighted by atomic mass is 9.78. The Morgan fingerprint density at radius 2 is 1.63 bits per heavy atom. The third-order valence-corrected chi connectivity index (χ3v) is 7.41. The average molecular weight is 448 g/mol. The minimum atomic E-state index is -3.68. The summed E-state index contributed by atoms with van der Waals surface area (Å²) < 4.78 is 32.9. The zero-order valence-corrected chi connectivity index (χ0v) is 19.1. The van der Waals surface area contributed by atoms with Crippen molar-refractivity contribution in [3.63, 3.8) is 0 Å². The molecule has 3 unspecified atom stereocenters. The second-order valence-electron chi connectivity index (χ2n) is 7.83. The summed E-state index contributed by atoms with van der Waals surface area (Å²) in [7, 11) is -2.12. The maximum absolute atomic E-state index is 12.6. The van der Waals surface area contributed by atoms with Crippen molar-refractivity contribution in [2.24, 2.45) is 11.8 Å². The summed E-state index contributed by atoms with van der Waals surface area (Å²) in [4.78, 5) is 0.178. The Balaban J connectivity index is 1.60. The topological polar surface area (TPSA) is 79.5 Å². The Kier molecular flexibility index (Phi) is 7.20. The second-order valence-corrected chi connectivity index (χ2v) is 9.92. The summed E-state index contributed by atoms with van der Waals surface area (Å²) in [6.07, 6.45) is 3.58. The molecule has 6 nitrogen and oxygen atoms in total. The normalized spacial score (nSPS) is 21.5. The van der Waals surface area contributed by atoms with E-state index in [9.17, 15) is 8.42 Å². The van der Waals surface area contributed by atoms with Crippen LogP contribution in [0.4, 0.5) is 11.4 Å². The molecule has 0 radical (unpaired) electrons. The highest BCUT2D eigenvalue weighted by molar-refractivity contribution is 7.92. The Morgan fingerprint density at radius 3 is 2.27 bits per heavy atom. The van der Waals surface area contributed by atoms with E-state index in [-0.39, 0.29) is 4.90 Å². The van der Waals surface area contributed by atoms with Crippen LogP contribution in [0.1, 0.15) is 33.1 Å². The number of ether oxygens (including phenoxy) is 1. The van der Waals surface area contributed by atoms with Gasteiger partial charge in [0.15, 0.2) is 5.11 Å². The van der Waals surface area contributed by atoms with Crippen molar-refractivity contribution in [1.82, 2.24) is 5.32 Å². The van der Waals surface area contributed by atoms with Crippen LogP contribution in [-0.4, -0.2) is 26.7 Å². The molecule has 2 aromatic rings. The van der Waals surface area contributed by atoms with Crippen molar-refractivity contribution < 1.29 is 13.2 Å². The zero-order chi connectivity index (χ0) is 21.7. The number of methoxy groups -OCH3 is 1. The van der Waals surface area contributed by atoms with E-state index in [1.54, 1.807) is 55.6 Å². The minimum absolute atomic E-state index is 0.178.